The van der Waals surface area contributed by atoms with Gasteiger partial charge in [0.1, 0.15) is 0 Å². The van der Waals surface area contributed by atoms with Crippen molar-refractivity contribution in [1.82, 2.24) is 9.80 Å². The summed E-state index contributed by atoms with van der Waals surface area (Å²) in [4.78, 5) is 16.8. The van der Waals surface area contributed by atoms with Gasteiger partial charge in [-0.25, -0.2) is 0 Å². The Kier molecular flexibility index (Phi) is 6.89. The number of nitrogens with zero attached hydrogens (tertiary/aromatic N) is 2. The van der Waals surface area contributed by atoms with Crippen LogP contribution in [-0.2, 0) is 14.3 Å². The Labute approximate surface area is 127 Å². The molecule has 2 aliphatic heterocycles. The van der Waals surface area contributed by atoms with Crippen LogP contribution in [0.5, 0.6) is 0 Å². The van der Waals surface area contributed by atoms with Gasteiger partial charge >= 0.3 is 0 Å². The van der Waals surface area contributed by atoms with E-state index >= 15 is 0 Å². The van der Waals surface area contributed by atoms with Gasteiger partial charge in [-0.3, -0.25) is 9.69 Å². The first-order chi connectivity index (χ1) is 10.2. The molecule has 0 aliphatic carbocycles. The second kappa shape index (κ2) is 8.68. The molecule has 0 bridgehead atoms. The number of hydrogen-bond donors (Lipinski definition) is 1. The maximum absolute atomic E-state index is 12.5. The fourth-order valence-electron chi connectivity index (χ4n) is 3.02. The van der Waals surface area contributed by atoms with E-state index in [1.54, 1.807) is 0 Å². The highest BCUT2D eigenvalue weighted by Gasteiger charge is 2.31. The van der Waals surface area contributed by atoms with Gasteiger partial charge in [-0.1, -0.05) is 0 Å². The van der Waals surface area contributed by atoms with Crippen LogP contribution in [0.1, 0.15) is 19.8 Å². The summed E-state index contributed by atoms with van der Waals surface area (Å²) >= 11 is 0. The van der Waals surface area contributed by atoms with E-state index in [0.29, 0.717) is 0 Å². The smallest absolute Gasteiger partial charge is 0.239 e. The number of carbonyl (C=O) groups excluding carboxylic acids is 1. The fraction of sp³-hybridized carbons (Fsp3) is 0.933. The molecule has 1 unspecified atom stereocenters. The Morgan fingerprint density at radius 2 is 1.95 bits per heavy atom. The van der Waals surface area contributed by atoms with E-state index in [1.807, 2.05) is 11.8 Å². The second-order valence-electron chi connectivity index (χ2n) is 5.84. The number of rotatable bonds is 6. The molecule has 0 radical (unpaired) electrons. The minimum atomic E-state index is -0.358. The molecule has 2 N–H and O–H groups in total. The zero-order valence-corrected chi connectivity index (χ0v) is 13.1. The van der Waals surface area contributed by atoms with Crippen molar-refractivity contribution < 1.29 is 14.3 Å². The van der Waals surface area contributed by atoms with E-state index in [2.05, 4.69) is 4.90 Å². The van der Waals surface area contributed by atoms with Crippen LogP contribution in [0.2, 0.25) is 0 Å². The van der Waals surface area contributed by atoms with Gasteiger partial charge in [0.05, 0.1) is 12.6 Å². The van der Waals surface area contributed by atoms with Crippen molar-refractivity contribution in [3.63, 3.8) is 0 Å². The lowest BCUT2D eigenvalue weighted by atomic mass is 9.91. The predicted molar refractivity (Wildman–Crippen MR) is 81.0 cm³/mol. The minimum absolute atomic E-state index is 0.117. The third-order valence-corrected chi connectivity index (χ3v) is 4.50. The highest BCUT2D eigenvalue weighted by atomic mass is 16.5. The molecular weight excluding hydrogens is 270 g/mol. The second-order valence-corrected chi connectivity index (χ2v) is 5.84. The van der Waals surface area contributed by atoms with Crippen molar-refractivity contribution in [1.29, 1.82) is 0 Å². The maximum Gasteiger partial charge on any atom is 0.239 e. The van der Waals surface area contributed by atoms with Gasteiger partial charge in [0.15, 0.2) is 0 Å². The maximum atomic E-state index is 12.5. The number of ether oxygens (including phenoxy) is 2. The quantitative estimate of drug-likeness (QED) is 0.695. The molecule has 0 aromatic carbocycles. The molecule has 0 spiro atoms. The lowest BCUT2D eigenvalue weighted by Gasteiger charge is -2.37. The highest BCUT2D eigenvalue weighted by Crippen LogP contribution is 2.19. The van der Waals surface area contributed by atoms with Gasteiger partial charge in [-0.15, -0.1) is 0 Å². The highest BCUT2D eigenvalue weighted by molar-refractivity contribution is 5.82. The largest absolute Gasteiger partial charge is 0.381 e. The number of amides is 1. The van der Waals surface area contributed by atoms with Crippen LogP contribution in [0, 0.1) is 5.92 Å². The van der Waals surface area contributed by atoms with E-state index in [1.165, 1.54) is 0 Å². The lowest BCUT2D eigenvalue weighted by molar-refractivity contribution is -0.136. The zero-order valence-electron chi connectivity index (χ0n) is 13.1. The number of piperazine rings is 1. The van der Waals surface area contributed by atoms with E-state index in [4.69, 9.17) is 15.2 Å². The molecule has 122 valence electrons. The molecule has 21 heavy (non-hydrogen) atoms. The molecule has 2 saturated heterocycles. The summed E-state index contributed by atoms with van der Waals surface area (Å²) in [6, 6.07) is -0.358. The van der Waals surface area contributed by atoms with E-state index in [0.717, 1.165) is 72.0 Å². The number of nitrogens with two attached hydrogens (primary N) is 1. The van der Waals surface area contributed by atoms with Crippen LogP contribution in [0.3, 0.4) is 0 Å². The molecule has 0 aromatic heterocycles. The standard InChI is InChI=1S/C15H29N3O3/c1-2-20-12-9-17-5-7-18(8-6-17)15(19)14(16)13-3-10-21-11-4-13/h13-14H,2-12,16H2,1H3. The third-order valence-electron chi connectivity index (χ3n) is 4.50. The van der Waals surface area contributed by atoms with Crippen molar-refractivity contribution in [3.8, 4) is 0 Å². The van der Waals surface area contributed by atoms with Crippen LogP contribution in [-0.4, -0.2) is 80.9 Å². The lowest BCUT2D eigenvalue weighted by Crippen LogP contribution is -2.55. The van der Waals surface area contributed by atoms with E-state index < -0.39 is 0 Å². The summed E-state index contributed by atoms with van der Waals surface area (Å²) in [7, 11) is 0. The molecule has 6 nitrogen and oxygen atoms in total. The summed E-state index contributed by atoms with van der Waals surface area (Å²) in [6.45, 7) is 9.34. The monoisotopic (exact) mass is 299 g/mol. The van der Waals surface area contributed by atoms with Gasteiger partial charge in [0.2, 0.25) is 5.91 Å². The number of carbonyl (C=O) groups is 1. The van der Waals surface area contributed by atoms with Crippen molar-refractivity contribution in [2.45, 2.75) is 25.8 Å². The third kappa shape index (κ3) is 4.92. The molecule has 0 aromatic rings. The van der Waals surface area contributed by atoms with Gasteiger partial charge in [0.25, 0.3) is 0 Å². The van der Waals surface area contributed by atoms with Crippen molar-refractivity contribution in [2.75, 3.05) is 59.2 Å². The van der Waals surface area contributed by atoms with Gasteiger partial charge in [-0.2, -0.15) is 0 Å². The topological polar surface area (TPSA) is 68.0 Å². The minimum Gasteiger partial charge on any atom is -0.381 e. The molecule has 1 atom stereocenters. The SMILES string of the molecule is CCOCCN1CCN(C(=O)C(N)C2CCOCC2)CC1. The zero-order chi connectivity index (χ0) is 15.1. The van der Waals surface area contributed by atoms with E-state index in [9.17, 15) is 4.79 Å². The van der Waals surface area contributed by atoms with Crippen molar-refractivity contribution in [2.24, 2.45) is 11.7 Å². The van der Waals surface area contributed by atoms with Gasteiger partial charge < -0.3 is 20.1 Å². The normalized spacial score (nSPS) is 23.2. The average Bonchev–Trinajstić information content (AvgIpc) is 2.55. The van der Waals surface area contributed by atoms with Crippen LogP contribution < -0.4 is 5.73 Å². The molecule has 2 aliphatic rings. The number of hydrogen-bond acceptors (Lipinski definition) is 5. The van der Waals surface area contributed by atoms with Crippen LogP contribution in [0.4, 0.5) is 0 Å². The first-order valence-electron chi connectivity index (χ1n) is 8.14. The first-order valence-corrected chi connectivity index (χ1v) is 8.14. The van der Waals surface area contributed by atoms with Gasteiger partial charge in [-0.05, 0) is 25.7 Å². The first kappa shape index (κ1) is 16.7. The summed E-state index contributed by atoms with van der Waals surface area (Å²) in [5.41, 5.74) is 6.18. The van der Waals surface area contributed by atoms with Crippen LogP contribution in [0.25, 0.3) is 0 Å². The molecule has 2 heterocycles. The molecule has 2 rings (SSSR count). The predicted octanol–water partition coefficient (Wildman–Crippen LogP) is -0.0790. The van der Waals surface area contributed by atoms with E-state index in [-0.39, 0.29) is 17.9 Å². The molecule has 1 amide bonds. The Morgan fingerprint density at radius 1 is 1.29 bits per heavy atom. The Hall–Kier alpha value is -0.690. The summed E-state index contributed by atoms with van der Waals surface area (Å²) in [5, 5.41) is 0. The molecule has 2 fully saturated rings. The van der Waals surface area contributed by atoms with Crippen LogP contribution >= 0.6 is 0 Å². The Bertz CT molecular complexity index is 313. The fourth-order valence-corrected chi connectivity index (χ4v) is 3.02. The van der Waals surface area contributed by atoms with Gasteiger partial charge in [0, 0.05) is 52.5 Å². The summed E-state index contributed by atoms with van der Waals surface area (Å²) < 4.78 is 10.7. The average molecular weight is 299 g/mol. The molecular formula is C15H29N3O3. The van der Waals surface area contributed by atoms with Crippen LogP contribution in [0.15, 0.2) is 0 Å². The Morgan fingerprint density at radius 3 is 2.57 bits per heavy atom. The van der Waals surface area contributed by atoms with Crippen molar-refractivity contribution in [3.05, 3.63) is 0 Å². The van der Waals surface area contributed by atoms with Crippen molar-refractivity contribution >= 4 is 5.91 Å². The molecule has 0 saturated carbocycles. The Balaban J connectivity index is 1.71. The summed E-state index contributed by atoms with van der Waals surface area (Å²) in [5.74, 6) is 0.397. The summed E-state index contributed by atoms with van der Waals surface area (Å²) in [6.07, 6.45) is 1.81. The molecule has 6 heteroatoms.